The number of hydrogen-bond donors (Lipinski definition) is 3. The molecule has 0 aromatic heterocycles. The van der Waals surface area contributed by atoms with Crippen molar-refractivity contribution in [3.05, 3.63) is 0 Å². The average Bonchev–Trinajstić information content (AvgIpc) is 2.34. The molecule has 0 saturated heterocycles. The van der Waals surface area contributed by atoms with Crippen LogP contribution in [0.1, 0.15) is 33.1 Å². The van der Waals surface area contributed by atoms with Gasteiger partial charge in [0.05, 0.1) is 12.5 Å². The maximum absolute atomic E-state index is 10.6. The minimum absolute atomic E-state index is 0. The number of aldehydes is 1. The van der Waals surface area contributed by atoms with Gasteiger partial charge in [0.1, 0.15) is 6.29 Å². The van der Waals surface area contributed by atoms with Crippen LogP contribution in [-0.2, 0) is 14.4 Å². The molecule has 7 nitrogen and oxygen atoms in total. The molecule has 1 unspecified atom stereocenters. The Morgan fingerprint density at radius 3 is 2.25 bits per heavy atom. The molecule has 0 rings (SSSR count). The molecule has 0 spiro atoms. The molecular weight excluding hydrogens is 266 g/mol. The van der Waals surface area contributed by atoms with Crippen LogP contribution in [0.2, 0.25) is 0 Å². The van der Waals surface area contributed by atoms with Crippen LogP contribution in [0.5, 0.6) is 0 Å². The number of nitrogens with two attached hydrogens (primary N) is 1. The van der Waals surface area contributed by atoms with E-state index in [9.17, 15) is 14.4 Å². The molecule has 120 valence electrons. The van der Waals surface area contributed by atoms with Crippen LogP contribution >= 0.6 is 0 Å². The maximum atomic E-state index is 10.6. The number of likely N-dealkylation sites (N-methyl/N-ethyl adjacent to an activating group) is 1. The first-order valence-corrected chi connectivity index (χ1v) is 6.20. The van der Waals surface area contributed by atoms with Gasteiger partial charge in [0, 0.05) is 13.1 Å². The molecule has 0 heterocycles. The fourth-order valence-electron chi connectivity index (χ4n) is 1.21. The van der Waals surface area contributed by atoms with Gasteiger partial charge >= 0.3 is 5.97 Å². The summed E-state index contributed by atoms with van der Waals surface area (Å²) in [4.78, 5) is 31.9. The lowest BCUT2D eigenvalue weighted by Crippen LogP contribution is -2.29. The molecule has 0 aliphatic heterocycles. The number of unbranched alkanes of at least 4 members (excludes halogenated alkanes) is 1. The topological polar surface area (TPSA) is 113 Å². The van der Waals surface area contributed by atoms with Crippen LogP contribution in [0.4, 0.5) is 0 Å². The minimum Gasteiger partial charge on any atom is -0.481 e. The molecule has 0 aromatic rings. The lowest BCUT2D eigenvalue weighted by molar-refractivity contribution is -0.136. The van der Waals surface area contributed by atoms with Crippen LogP contribution < -0.4 is 11.1 Å². The van der Waals surface area contributed by atoms with Crippen molar-refractivity contribution in [3.63, 3.8) is 0 Å². The Hall–Kier alpha value is -1.47. The summed E-state index contributed by atoms with van der Waals surface area (Å²) in [6.07, 6.45) is 4.48. The standard InChI is InChI=1S/C9H18N2O2.C3H7NO2.CH4/c1-11(2)9(7-12)5-3-4-6-10-8-13;4-2-1-3(5)6;/h7-9H,3-6H2,1-2H3,(H,10,13);1-2,4H2,(H,5,6);1H4/i8+1;2+1,4+1;1+1. The quantitative estimate of drug-likeness (QED) is 0.228. The Kier molecular flexibility index (Phi) is 20.7. The van der Waals surface area contributed by atoms with Crippen molar-refractivity contribution in [3.8, 4) is 0 Å². The lowest BCUT2D eigenvalue weighted by Gasteiger charge is -2.17. The molecule has 0 fully saturated rings. The summed E-state index contributed by atoms with van der Waals surface area (Å²) in [5.41, 5.74) is 4.85. The smallest absolute Gasteiger partial charge is 0.304 e. The molecule has 0 saturated carbocycles. The second-order valence-corrected chi connectivity index (χ2v) is 4.17. The highest BCUT2D eigenvalue weighted by Gasteiger charge is 2.08. The van der Waals surface area contributed by atoms with E-state index in [2.05, 4.69) is 5.32 Å². The summed E-state index contributed by atoms with van der Waals surface area (Å²) in [7, 11) is 3.78. The van der Waals surface area contributed by atoms with E-state index in [1.54, 1.807) is 0 Å². The molecule has 1 atom stereocenters. The summed E-state index contributed by atoms with van der Waals surface area (Å²) in [5, 5.41) is 10.4. The number of carbonyl (C=O) groups is 3. The van der Waals surface area contributed by atoms with Crippen LogP contribution in [0.15, 0.2) is 0 Å². The van der Waals surface area contributed by atoms with Gasteiger partial charge in [0.25, 0.3) is 0 Å². The SMILES string of the molecule is CN(C)C(C=O)CCCCN[13CH]=O.[13CH4].[15NH2][13CH2]CC(=O)O. The number of aliphatic carboxylic acids is 1. The summed E-state index contributed by atoms with van der Waals surface area (Å²) >= 11 is 0. The molecule has 0 radical (unpaired) electrons. The zero-order valence-electron chi connectivity index (χ0n) is 11.7. The third kappa shape index (κ3) is 18.9. The Bertz CT molecular complexity index is 248. The normalized spacial score (nSPS) is 10.6. The van der Waals surface area contributed by atoms with E-state index in [1.807, 2.05) is 19.0 Å². The van der Waals surface area contributed by atoms with E-state index in [0.717, 1.165) is 25.5 Å². The minimum atomic E-state index is -0.836. The molecular formula is C13H29N3O4. The van der Waals surface area contributed by atoms with Crippen molar-refractivity contribution in [1.29, 1.82) is 0 Å². The van der Waals surface area contributed by atoms with Crippen LogP contribution in [0, 0.1) is 0 Å². The van der Waals surface area contributed by atoms with Gasteiger partial charge in [-0.15, -0.1) is 0 Å². The Morgan fingerprint density at radius 1 is 1.35 bits per heavy atom. The van der Waals surface area contributed by atoms with E-state index < -0.39 is 5.97 Å². The fourth-order valence-corrected chi connectivity index (χ4v) is 1.21. The summed E-state index contributed by atoms with van der Waals surface area (Å²) in [6.45, 7) is 0.928. The van der Waals surface area contributed by atoms with E-state index >= 15 is 0 Å². The maximum Gasteiger partial charge on any atom is 0.304 e. The van der Waals surface area contributed by atoms with Crippen molar-refractivity contribution in [2.24, 2.45) is 5.73 Å². The van der Waals surface area contributed by atoms with Gasteiger partial charge in [-0.2, -0.15) is 0 Å². The second kappa shape index (κ2) is 17.5. The molecule has 7 heteroatoms. The molecule has 1 amide bonds. The van der Waals surface area contributed by atoms with E-state index in [0.29, 0.717) is 13.0 Å². The molecule has 0 aliphatic rings. The number of carboxylic acid groups (broad SMARTS) is 1. The van der Waals surface area contributed by atoms with Gasteiger partial charge in [-0.25, -0.2) is 0 Å². The number of carbonyl (C=O) groups excluding carboxylic acids is 2. The van der Waals surface area contributed by atoms with Crippen molar-refractivity contribution >= 4 is 18.7 Å². The number of rotatable bonds is 10. The molecule has 0 aromatic carbocycles. The average molecular weight is 295 g/mol. The zero-order chi connectivity index (χ0) is 15.1. The Balaban J connectivity index is -0.000000352. The zero-order valence-corrected chi connectivity index (χ0v) is 11.7. The first-order chi connectivity index (χ1) is 8.99. The van der Waals surface area contributed by atoms with E-state index in [1.165, 1.54) is 0 Å². The van der Waals surface area contributed by atoms with Crippen LogP contribution in [0.25, 0.3) is 0 Å². The third-order valence-electron chi connectivity index (χ3n) is 2.33. The van der Waals surface area contributed by atoms with E-state index in [-0.39, 0.29) is 26.4 Å². The highest BCUT2D eigenvalue weighted by Crippen LogP contribution is 2.02. The predicted molar refractivity (Wildman–Crippen MR) is 79.5 cm³/mol. The molecule has 0 bridgehead atoms. The number of carboxylic acids is 1. The van der Waals surface area contributed by atoms with Crippen molar-refractivity contribution in [2.75, 3.05) is 27.2 Å². The van der Waals surface area contributed by atoms with Gasteiger partial charge in [-0.05, 0) is 33.4 Å². The first kappa shape index (κ1) is 23.6. The summed E-state index contributed by atoms with van der Waals surface area (Å²) in [5.74, 6) is -0.836. The van der Waals surface area contributed by atoms with Gasteiger partial charge in [-0.1, -0.05) is 7.43 Å². The Morgan fingerprint density at radius 2 is 1.95 bits per heavy atom. The van der Waals surface area contributed by atoms with Crippen molar-refractivity contribution in [1.82, 2.24) is 10.2 Å². The highest BCUT2D eigenvalue weighted by atomic mass is 16.4. The first-order valence-electron chi connectivity index (χ1n) is 6.20. The van der Waals surface area contributed by atoms with Crippen molar-refractivity contribution in [2.45, 2.75) is 39.2 Å². The number of nitrogens with one attached hydrogen (secondary N) is 1. The van der Waals surface area contributed by atoms with Gasteiger partial charge in [-0.3, -0.25) is 9.59 Å². The van der Waals surface area contributed by atoms with Crippen LogP contribution in [0.3, 0.4) is 0 Å². The van der Waals surface area contributed by atoms with E-state index in [4.69, 9.17) is 10.8 Å². The van der Waals surface area contributed by atoms with Crippen LogP contribution in [-0.4, -0.2) is 61.9 Å². The monoisotopic (exact) mass is 295 g/mol. The second-order valence-electron chi connectivity index (χ2n) is 4.17. The third-order valence-corrected chi connectivity index (χ3v) is 2.33. The highest BCUT2D eigenvalue weighted by molar-refractivity contribution is 5.66. The fraction of sp³-hybridized carbons (Fsp3) is 0.769. The molecule has 20 heavy (non-hydrogen) atoms. The molecule has 4 N–H and O–H groups in total. The van der Waals surface area contributed by atoms with Gasteiger partial charge in [0.15, 0.2) is 0 Å². The molecule has 0 aliphatic carbocycles. The Labute approximate surface area is 121 Å². The predicted octanol–water partition coefficient (Wildman–Crippen LogP) is 0.0877. The number of hydrogen-bond acceptors (Lipinski definition) is 5. The van der Waals surface area contributed by atoms with Gasteiger partial charge in [0.2, 0.25) is 6.41 Å². The van der Waals surface area contributed by atoms with Crippen molar-refractivity contribution < 1.29 is 19.5 Å². The summed E-state index contributed by atoms with van der Waals surface area (Å²) in [6, 6.07) is 0.0104. The largest absolute Gasteiger partial charge is 0.481 e. The van der Waals surface area contributed by atoms with Gasteiger partial charge < -0.3 is 25.9 Å². The number of amides is 1. The summed E-state index contributed by atoms with van der Waals surface area (Å²) < 4.78 is 0. The number of nitrogens with zero attached hydrogens (tertiary/aromatic N) is 1. The lowest BCUT2D eigenvalue weighted by atomic mass is 10.1.